The fraction of sp³-hybridized carbons (Fsp3) is 0.462. The lowest BCUT2D eigenvalue weighted by atomic mass is 10.1. The number of aryl methyl sites for hydroxylation is 1. The van der Waals surface area contributed by atoms with Gasteiger partial charge < -0.3 is 4.90 Å². The molecule has 0 atom stereocenters. The summed E-state index contributed by atoms with van der Waals surface area (Å²) in [5, 5.41) is 0. The van der Waals surface area contributed by atoms with Gasteiger partial charge in [0.25, 0.3) is 0 Å². The van der Waals surface area contributed by atoms with E-state index in [9.17, 15) is 18.0 Å². The molecular weight excluding hydrogens is 279 g/mol. The second-order valence-corrected chi connectivity index (χ2v) is 4.48. The molecule has 19 heavy (non-hydrogen) atoms. The molecule has 0 saturated carbocycles. The molecule has 0 heterocycles. The lowest BCUT2D eigenvalue weighted by Crippen LogP contribution is -2.40. The Hall–Kier alpha value is -1.23. The molecule has 106 valence electrons. The van der Waals surface area contributed by atoms with Crippen molar-refractivity contribution in [1.82, 2.24) is 4.90 Å². The highest BCUT2D eigenvalue weighted by atomic mass is 35.5. The molecule has 0 bridgehead atoms. The van der Waals surface area contributed by atoms with Crippen molar-refractivity contribution in [3.05, 3.63) is 35.9 Å². The van der Waals surface area contributed by atoms with Crippen molar-refractivity contribution in [2.24, 2.45) is 0 Å². The van der Waals surface area contributed by atoms with Gasteiger partial charge in [0.15, 0.2) is 0 Å². The van der Waals surface area contributed by atoms with Crippen LogP contribution in [0.25, 0.3) is 0 Å². The highest BCUT2D eigenvalue weighted by Gasteiger charge is 2.32. The summed E-state index contributed by atoms with van der Waals surface area (Å²) in [5.74, 6) is -0.533. The second kappa shape index (κ2) is 7.38. The average molecular weight is 294 g/mol. The molecule has 1 aromatic rings. The zero-order chi connectivity index (χ0) is 14.3. The summed E-state index contributed by atoms with van der Waals surface area (Å²) in [4.78, 5) is 12.5. The van der Waals surface area contributed by atoms with Gasteiger partial charge in [0, 0.05) is 18.8 Å². The van der Waals surface area contributed by atoms with E-state index < -0.39 is 18.6 Å². The van der Waals surface area contributed by atoms with Crippen molar-refractivity contribution in [3.63, 3.8) is 0 Å². The molecule has 0 unspecified atom stereocenters. The smallest absolute Gasteiger partial charge is 0.332 e. The number of amides is 1. The molecule has 1 rings (SSSR count). The van der Waals surface area contributed by atoms with Crippen LogP contribution in [0.5, 0.6) is 0 Å². The Bertz CT molecular complexity index is 395. The first-order valence-electron chi connectivity index (χ1n) is 5.87. The number of benzene rings is 1. The third-order valence-corrected chi connectivity index (χ3v) is 2.72. The number of hydrogen-bond donors (Lipinski definition) is 0. The summed E-state index contributed by atoms with van der Waals surface area (Å²) in [6.45, 7) is -1.33. The maximum absolute atomic E-state index is 12.3. The molecule has 0 aliphatic carbocycles. The van der Waals surface area contributed by atoms with Crippen molar-refractivity contribution in [1.29, 1.82) is 0 Å². The van der Waals surface area contributed by atoms with Gasteiger partial charge in [0.05, 0.1) is 0 Å². The van der Waals surface area contributed by atoms with Crippen LogP contribution in [0, 0.1) is 0 Å². The van der Waals surface area contributed by atoms with Gasteiger partial charge >= 0.3 is 6.18 Å². The summed E-state index contributed by atoms with van der Waals surface area (Å²) < 4.78 is 36.9. The fourth-order valence-corrected chi connectivity index (χ4v) is 1.87. The van der Waals surface area contributed by atoms with Crippen molar-refractivity contribution in [2.75, 3.05) is 19.0 Å². The standard InChI is InChI=1S/C13H15ClF3NO/c14-8-9-18(10-13(15,16)17)12(19)7-6-11-4-2-1-3-5-11/h1-5H,6-10H2. The van der Waals surface area contributed by atoms with E-state index in [1.807, 2.05) is 30.3 Å². The molecule has 1 amide bonds. The largest absolute Gasteiger partial charge is 0.406 e. The van der Waals surface area contributed by atoms with E-state index in [-0.39, 0.29) is 18.8 Å². The highest BCUT2D eigenvalue weighted by molar-refractivity contribution is 6.18. The molecule has 6 heteroatoms. The molecule has 0 N–H and O–H groups in total. The summed E-state index contributed by atoms with van der Waals surface area (Å²) in [7, 11) is 0. The lowest BCUT2D eigenvalue weighted by Gasteiger charge is -2.23. The van der Waals surface area contributed by atoms with E-state index in [2.05, 4.69) is 0 Å². The van der Waals surface area contributed by atoms with Crippen LogP contribution in [0.2, 0.25) is 0 Å². The molecule has 0 fully saturated rings. The van der Waals surface area contributed by atoms with Gasteiger partial charge in [-0.1, -0.05) is 30.3 Å². The summed E-state index contributed by atoms with van der Waals surface area (Å²) >= 11 is 5.43. The predicted octanol–water partition coefficient (Wildman–Crippen LogP) is 3.25. The van der Waals surface area contributed by atoms with Crippen LogP contribution in [-0.2, 0) is 11.2 Å². The van der Waals surface area contributed by atoms with E-state index >= 15 is 0 Å². The summed E-state index contributed by atoms with van der Waals surface area (Å²) in [6, 6.07) is 9.17. The zero-order valence-electron chi connectivity index (χ0n) is 10.3. The zero-order valence-corrected chi connectivity index (χ0v) is 11.0. The Morgan fingerprint density at radius 3 is 2.37 bits per heavy atom. The van der Waals surface area contributed by atoms with Crippen molar-refractivity contribution < 1.29 is 18.0 Å². The van der Waals surface area contributed by atoms with E-state index in [1.54, 1.807) is 0 Å². The minimum Gasteiger partial charge on any atom is -0.332 e. The van der Waals surface area contributed by atoms with Crippen LogP contribution >= 0.6 is 11.6 Å². The molecule has 0 aromatic heterocycles. The van der Waals surface area contributed by atoms with Crippen LogP contribution < -0.4 is 0 Å². The topological polar surface area (TPSA) is 20.3 Å². The Kier molecular flexibility index (Phi) is 6.15. The Balaban J connectivity index is 2.52. The average Bonchev–Trinajstić information content (AvgIpc) is 2.35. The minimum atomic E-state index is -4.39. The predicted molar refractivity (Wildman–Crippen MR) is 68.1 cm³/mol. The highest BCUT2D eigenvalue weighted by Crippen LogP contribution is 2.17. The molecule has 1 aromatic carbocycles. The number of alkyl halides is 4. The first-order valence-corrected chi connectivity index (χ1v) is 6.40. The summed E-state index contributed by atoms with van der Waals surface area (Å²) in [5.41, 5.74) is 0.925. The minimum absolute atomic E-state index is 0.00679. The monoisotopic (exact) mass is 293 g/mol. The van der Waals surface area contributed by atoms with Gasteiger partial charge in [-0.3, -0.25) is 4.79 Å². The van der Waals surface area contributed by atoms with Crippen molar-refractivity contribution >= 4 is 17.5 Å². The molecule has 0 saturated heterocycles. The van der Waals surface area contributed by atoms with Gasteiger partial charge in [0.2, 0.25) is 5.91 Å². The number of rotatable bonds is 6. The maximum atomic E-state index is 12.3. The van der Waals surface area contributed by atoms with Gasteiger partial charge in [-0.05, 0) is 12.0 Å². The molecule has 2 nitrogen and oxygen atoms in total. The number of carbonyl (C=O) groups is 1. The third-order valence-electron chi connectivity index (χ3n) is 2.55. The van der Waals surface area contributed by atoms with Crippen molar-refractivity contribution in [3.8, 4) is 0 Å². The van der Waals surface area contributed by atoms with Gasteiger partial charge in [-0.25, -0.2) is 0 Å². The number of halogens is 4. The Morgan fingerprint density at radius 2 is 1.84 bits per heavy atom. The molecule has 0 aliphatic rings. The Labute approximate surface area is 115 Å². The maximum Gasteiger partial charge on any atom is 0.406 e. The van der Waals surface area contributed by atoms with Crippen LogP contribution in [0.3, 0.4) is 0 Å². The van der Waals surface area contributed by atoms with Crippen LogP contribution in [0.4, 0.5) is 13.2 Å². The lowest BCUT2D eigenvalue weighted by molar-refractivity contribution is -0.160. The molecule has 0 radical (unpaired) electrons. The number of carbonyl (C=O) groups excluding carboxylic acids is 1. The van der Waals surface area contributed by atoms with Crippen molar-refractivity contribution in [2.45, 2.75) is 19.0 Å². The summed E-state index contributed by atoms with van der Waals surface area (Å²) in [6.07, 6.45) is -3.91. The van der Waals surface area contributed by atoms with E-state index in [0.29, 0.717) is 6.42 Å². The van der Waals surface area contributed by atoms with E-state index in [1.165, 1.54) is 0 Å². The van der Waals surface area contributed by atoms with Crippen LogP contribution in [-0.4, -0.2) is 36.0 Å². The van der Waals surface area contributed by atoms with Gasteiger partial charge in [-0.15, -0.1) is 11.6 Å². The number of hydrogen-bond acceptors (Lipinski definition) is 1. The first kappa shape index (κ1) is 15.8. The molecular formula is C13H15ClF3NO. The van der Waals surface area contributed by atoms with Crippen LogP contribution in [0.15, 0.2) is 30.3 Å². The van der Waals surface area contributed by atoms with Gasteiger partial charge in [-0.2, -0.15) is 13.2 Å². The van der Waals surface area contributed by atoms with Gasteiger partial charge in [0.1, 0.15) is 6.54 Å². The second-order valence-electron chi connectivity index (χ2n) is 4.11. The fourth-order valence-electron chi connectivity index (χ4n) is 1.66. The quantitative estimate of drug-likeness (QED) is 0.737. The first-order chi connectivity index (χ1) is 8.92. The van der Waals surface area contributed by atoms with Crippen LogP contribution in [0.1, 0.15) is 12.0 Å². The number of nitrogens with zero attached hydrogens (tertiary/aromatic N) is 1. The van der Waals surface area contributed by atoms with E-state index in [4.69, 9.17) is 11.6 Å². The normalized spacial score (nSPS) is 11.4. The molecule has 0 spiro atoms. The van der Waals surface area contributed by atoms with E-state index in [0.717, 1.165) is 10.5 Å². The molecule has 0 aliphatic heterocycles. The Morgan fingerprint density at radius 1 is 1.21 bits per heavy atom. The third kappa shape index (κ3) is 6.47. The SMILES string of the molecule is O=C(CCc1ccccc1)N(CCCl)CC(F)(F)F.